The van der Waals surface area contributed by atoms with Crippen molar-refractivity contribution in [3.63, 3.8) is 0 Å². The van der Waals surface area contributed by atoms with Gasteiger partial charge in [0.25, 0.3) is 0 Å². The van der Waals surface area contributed by atoms with Gasteiger partial charge in [-0.2, -0.15) is 0 Å². The normalized spacial score (nSPS) is 48.5. The lowest BCUT2D eigenvalue weighted by atomic mass is 10.0. The smallest absolute Gasteiger partial charge is 0.187 e. The molecule has 6 fully saturated rings. The van der Waals surface area contributed by atoms with Crippen molar-refractivity contribution in [2.45, 2.75) is 184 Å². The van der Waals surface area contributed by atoms with Crippen LogP contribution in [0.2, 0.25) is 0 Å². The summed E-state index contributed by atoms with van der Waals surface area (Å²) in [6.45, 7) is -5.78. The number of hydrogen-bond donors (Lipinski definition) is 20. The molecule has 0 unspecified atom stereocenters. The summed E-state index contributed by atoms with van der Waals surface area (Å²) in [6.07, 6.45) is -53.5. The molecule has 0 aliphatic carbocycles. The maximum atomic E-state index is 10.9. The van der Waals surface area contributed by atoms with Crippen LogP contribution in [0.15, 0.2) is 0 Å². The molecule has 31 nitrogen and oxygen atoms in total. The average Bonchev–Trinajstić information content (AvgIpc) is 4.10. The molecule has 6 heterocycles. The summed E-state index contributed by atoms with van der Waals surface area (Å²) in [4.78, 5) is 0. The Bertz CT molecular complexity index is 1510. The Hall–Kier alpha value is -1.24. The molecule has 0 saturated carbocycles. The molecule has 30 atom stereocenters. The minimum atomic E-state index is -2.00. The zero-order chi connectivity index (χ0) is 49.3. The van der Waals surface area contributed by atoms with E-state index >= 15 is 0 Å². The van der Waals surface area contributed by atoms with Gasteiger partial charge in [0.15, 0.2) is 37.7 Å². The van der Waals surface area contributed by atoms with E-state index in [2.05, 4.69) is 0 Å². The van der Waals surface area contributed by atoms with Crippen molar-refractivity contribution in [1.29, 1.82) is 0 Å². The van der Waals surface area contributed by atoms with Crippen LogP contribution in [-0.4, -0.2) is 326 Å². The second-order valence-electron chi connectivity index (χ2n) is 16.8. The van der Waals surface area contributed by atoms with Crippen LogP contribution < -0.4 is 0 Å². The van der Waals surface area contributed by atoms with E-state index in [1.54, 1.807) is 0 Å². The van der Waals surface area contributed by atoms with Crippen molar-refractivity contribution < 1.29 is 154 Å². The van der Waals surface area contributed by atoms with Gasteiger partial charge >= 0.3 is 0 Å². The largest absolute Gasteiger partial charge is 0.394 e. The predicted octanol–water partition coefficient (Wildman–Crippen LogP) is -14.1. The summed E-state index contributed by atoms with van der Waals surface area (Å²) in [5, 5.41) is 206. The Kier molecular flexibility index (Phi) is 19.4. The molecular formula is C36H62O31. The number of ether oxygens (including phenoxy) is 11. The van der Waals surface area contributed by atoms with Gasteiger partial charge < -0.3 is 154 Å². The first-order valence-electron chi connectivity index (χ1n) is 21.1. The second-order valence-corrected chi connectivity index (χ2v) is 16.8. The van der Waals surface area contributed by atoms with Crippen LogP contribution >= 0.6 is 0 Å². The van der Waals surface area contributed by atoms with E-state index in [1.807, 2.05) is 0 Å². The first kappa shape index (κ1) is 55.1. The van der Waals surface area contributed by atoms with Gasteiger partial charge in [-0.3, -0.25) is 0 Å². The number of hydrogen-bond acceptors (Lipinski definition) is 31. The number of aliphatic hydroxyl groups is 20. The third-order valence-corrected chi connectivity index (χ3v) is 12.4. The van der Waals surface area contributed by atoms with Crippen molar-refractivity contribution in [2.75, 3.05) is 39.6 Å². The van der Waals surface area contributed by atoms with Crippen molar-refractivity contribution in [2.24, 2.45) is 0 Å². The fraction of sp³-hybridized carbons (Fsp3) is 1.00. The van der Waals surface area contributed by atoms with Crippen molar-refractivity contribution in [3.8, 4) is 0 Å². The third-order valence-electron chi connectivity index (χ3n) is 12.4. The molecule has 0 amide bonds. The highest BCUT2D eigenvalue weighted by atomic mass is 16.8. The van der Waals surface area contributed by atoms with Crippen LogP contribution in [0.4, 0.5) is 0 Å². The number of rotatable bonds is 22. The Morgan fingerprint density at radius 3 is 0.687 bits per heavy atom. The first-order valence-corrected chi connectivity index (χ1v) is 21.1. The molecule has 0 bridgehead atoms. The van der Waals surface area contributed by atoms with Gasteiger partial charge in [-0.05, 0) is 0 Å². The Morgan fingerprint density at radius 1 is 0.269 bits per heavy atom. The average molecular weight is 991 g/mol. The van der Waals surface area contributed by atoms with Gasteiger partial charge in [0.1, 0.15) is 146 Å². The molecule has 6 rings (SSSR count). The van der Waals surface area contributed by atoms with Crippen LogP contribution in [0.5, 0.6) is 0 Å². The predicted molar refractivity (Wildman–Crippen MR) is 199 cm³/mol. The summed E-state index contributed by atoms with van der Waals surface area (Å²) in [7, 11) is 0. The van der Waals surface area contributed by atoms with E-state index in [9.17, 15) is 102 Å². The maximum absolute atomic E-state index is 10.9. The summed E-state index contributed by atoms with van der Waals surface area (Å²) in [6, 6.07) is 0. The molecule has 6 saturated heterocycles. The lowest BCUT2D eigenvalue weighted by molar-refractivity contribution is -0.274. The van der Waals surface area contributed by atoms with Crippen molar-refractivity contribution in [1.82, 2.24) is 0 Å². The quantitative estimate of drug-likeness (QED) is 0.0479. The van der Waals surface area contributed by atoms with Gasteiger partial charge in [-0.15, -0.1) is 0 Å². The standard InChI is InChI=1S/C36H62O31/c37-1-7(43)25-14(45)20(51)32(63-25)58-9(3-39)27-16(47)22(53)34(65-27)60-11(5-41)29-18(49)24(55)36(67-29)61-12(6-42)30-17(48)23(54)35(66-30)59-10(4-40)28-15(46)21(52)33(64-28)57-8(2-38)26-13(44)19(50)31(56)62-26/h7-56H,1-6H2/t7-,8-,9-,10-,11-,12-,13-,14-,15-,16-,17-,18-,19-,20-,21-,22-,23-,24-,25+,26+,27+,28+,29+,30+,31-,32-,33-,34-,35-,36-/m1/s1. The van der Waals surface area contributed by atoms with Crippen LogP contribution in [0.25, 0.3) is 0 Å². The molecule has 0 aromatic rings. The van der Waals surface area contributed by atoms with Crippen molar-refractivity contribution >= 4 is 0 Å². The molecule has 0 aromatic heterocycles. The summed E-state index contributed by atoms with van der Waals surface area (Å²) in [5.41, 5.74) is 0. The Labute approximate surface area is 378 Å². The minimum absolute atomic E-state index is 0.858. The Balaban J connectivity index is 1.04. The van der Waals surface area contributed by atoms with E-state index in [0.29, 0.717) is 0 Å². The molecular weight excluding hydrogens is 928 g/mol. The van der Waals surface area contributed by atoms with Gasteiger partial charge in [0, 0.05) is 0 Å². The van der Waals surface area contributed by atoms with Gasteiger partial charge in [0.2, 0.25) is 0 Å². The summed E-state index contributed by atoms with van der Waals surface area (Å²) < 4.78 is 60.3. The molecule has 0 radical (unpaired) electrons. The highest BCUT2D eigenvalue weighted by molar-refractivity contribution is 5.00. The fourth-order valence-electron chi connectivity index (χ4n) is 8.55. The van der Waals surface area contributed by atoms with Crippen LogP contribution in [0.3, 0.4) is 0 Å². The molecule has 0 aromatic carbocycles. The molecule has 31 heteroatoms. The maximum Gasteiger partial charge on any atom is 0.187 e. The highest BCUT2D eigenvalue weighted by Crippen LogP contribution is 2.37. The summed E-state index contributed by atoms with van der Waals surface area (Å²) in [5.74, 6) is 0. The monoisotopic (exact) mass is 990 g/mol. The van der Waals surface area contributed by atoms with Gasteiger partial charge in [-0.25, -0.2) is 0 Å². The van der Waals surface area contributed by atoms with E-state index in [1.165, 1.54) is 0 Å². The second kappa shape index (κ2) is 23.5. The van der Waals surface area contributed by atoms with E-state index in [4.69, 9.17) is 52.1 Å². The van der Waals surface area contributed by atoms with Crippen LogP contribution in [0, 0.1) is 0 Å². The van der Waals surface area contributed by atoms with Crippen molar-refractivity contribution in [3.05, 3.63) is 0 Å². The number of aliphatic hydroxyl groups excluding tert-OH is 20. The van der Waals surface area contributed by atoms with Crippen LogP contribution in [-0.2, 0) is 52.1 Å². The lowest BCUT2D eigenvalue weighted by Crippen LogP contribution is -2.46. The van der Waals surface area contributed by atoms with E-state index in [0.717, 1.165) is 0 Å². The third kappa shape index (κ3) is 11.2. The molecule has 20 N–H and O–H groups in total. The SMILES string of the molecule is OC[C@@H](O)[C@@H]1O[C@@H](O[C@H](CO)[C@@H]2O[C@@H](O[C@H](CO)[C@@H]3O[C@@H](O[C@H](CO)[C@@H]4O[C@@H](O[C@H](CO)[C@@H]5O[C@@H](O[C@H](CO)[C@@H]6O[C@@H](O)[C@H](O)[C@H]6O)[C@H](O)[C@H]5O)[C@H](O)[C@H]4O)[C@H](O)[C@H]3O)[C@H](O)[C@H]2O)[C@H](O)[C@H]1O. The molecule has 0 spiro atoms. The Morgan fingerprint density at radius 2 is 0.478 bits per heavy atom. The van der Waals surface area contributed by atoms with Gasteiger partial charge in [0.05, 0.1) is 39.6 Å². The lowest BCUT2D eigenvalue weighted by Gasteiger charge is -2.30. The molecule has 392 valence electrons. The minimum Gasteiger partial charge on any atom is -0.394 e. The highest BCUT2D eigenvalue weighted by Gasteiger charge is 2.57. The van der Waals surface area contributed by atoms with Gasteiger partial charge in [-0.1, -0.05) is 0 Å². The molecule has 67 heavy (non-hydrogen) atoms. The zero-order valence-electron chi connectivity index (χ0n) is 35.0. The summed E-state index contributed by atoms with van der Waals surface area (Å²) >= 11 is 0. The zero-order valence-corrected chi connectivity index (χ0v) is 35.0. The van der Waals surface area contributed by atoms with E-state index < -0.39 is 224 Å². The van der Waals surface area contributed by atoms with E-state index in [-0.39, 0.29) is 0 Å². The fourth-order valence-corrected chi connectivity index (χ4v) is 8.55. The van der Waals surface area contributed by atoms with Crippen LogP contribution in [0.1, 0.15) is 0 Å². The topological polar surface area (TPSA) is 506 Å². The first-order chi connectivity index (χ1) is 31.8. The molecule has 6 aliphatic heterocycles. The molecule has 6 aliphatic rings.